The summed E-state index contributed by atoms with van der Waals surface area (Å²) in [5, 5.41) is 24.1. The lowest BCUT2D eigenvalue weighted by atomic mass is 9.66. The lowest BCUT2D eigenvalue weighted by Crippen LogP contribution is -2.60. The molecule has 0 radical (unpaired) electrons. The van der Waals surface area contributed by atoms with Crippen LogP contribution in [0.5, 0.6) is 0 Å². The molecule has 0 unspecified atom stereocenters. The van der Waals surface area contributed by atoms with E-state index in [2.05, 4.69) is 5.32 Å². The van der Waals surface area contributed by atoms with Gasteiger partial charge in [-0.15, -0.1) is 0 Å². The first kappa shape index (κ1) is 24.8. The largest absolute Gasteiger partial charge is 0.384 e. The number of likely N-dealkylation sites (tertiary alicyclic amines) is 1. The van der Waals surface area contributed by atoms with Crippen molar-refractivity contribution in [2.45, 2.75) is 45.8 Å². The Balaban J connectivity index is 1.78. The molecule has 2 aromatic carbocycles. The van der Waals surface area contributed by atoms with Crippen LogP contribution in [-0.2, 0) is 10.4 Å². The van der Waals surface area contributed by atoms with Gasteiger partial charge in [-0.05, 0) is 48.2 Å². The number of halogens is 1. The Morgan fingerprint density at radius 1 is 1.18 bits per heavy atom. The molecule has 0 saturated carbocycles. The highest BCUT2D eigenvalue weighted by atomic mass is 35.5. The van der Waals surface area contributed by atoms with Crippen LogP contribution in [0.4, 0.5) is 0 Å². The fraction of sp³-hybridized carbons (Fsp3) is 0.423. The van der Waals surface area contributed by atoms with Crippen LogP contribution in [0.25, 0.3) is 0 Å². The van der Waals surface area contributed by atoms with Crippen molar-refractivity contribution in [1.29, 1.82) is 5.26 Å². The summed E-state index contributed by atoms with van der Waals surface area (Å²) in [4.78, 5) is 28.0. The number of benzene rings is 2. The summed E-state index contributed by atoms with van der Waals surface area (Å²) in [7, 11) is 0. The lowest BCUT2D eigenvalue weighted by molar-refractivity contribution is -0.155. The molecule has 1 fully saturated rings. The number of carbonyl (C=O) groups excluding carboxylic acids is 2. The van der Waals surface area contributed by atoms with Gasteiger partial charge in [0.15, 0.2) is 0 Å². The van der Waals surface area contributed by atoms with Crippen LogP contribution >= 0.6 is 11.6 Å². The molecule has 3 rings (SSSR count). The van der Waals surface area contributed by atoms with Crippen LogP contribution in [0.2, 0.25) is 5.02 Å². The zero-order chi connectivity index (χ0) is 24.4. The average molecular weight is 468 g/mol. The third-order valence-electron chi connectivity index (χ3n) is 6.56. The molecule has 7 heteroatoms. The standard InChI is InChI=1S/C26H30ClN3O3/c1-17(2)22(29-23(31)19-7-5-6-18(14-19)15-28)24(32)30-13-12-26(33,25(3,4)16-30)20-8-10-21(27)11-9-20/h5-11,14,17,22,33H,12-13,16H2,1-4H3,(H,29,31)/t22-,26+/m1/s1. The number of piperidine rings is 1. The van der Waals surface area contributed by atoms with E-state index in [1.54, 1.807) is 35.2 Å². The third kappa shape index (κ3) is 5.05. The molecule has 0 bridgehead atoms. The van der Waals surface area contributed by atoms with Gasteiger partial charge in [0.2, 0.25) is 5.91 Å². The molecule has 0 aliphatic carbocycles. The predicted octanol–water partition coefficient (Wildman–Crippen LogP) is 4.11. The topological polar surface area (TPSA) is 93.4 Å². The fourth-order valence-electron chi connectivity index (χ4n) is 4.44. The first-order valence-electron chi connectivity index (χ1n) is 11.1. The number of nitrogens with one attached hydrogen (secondary N) is 1. The van der Waals surface area contributed by atoms with Gasteiger partial charge in [-0.1, -0.05) is 57.5 Å². The fourth-order valence-corrected chi connectivity index (χ4v) is 4.56. The summed E-state index contributed by atoms with van der Waals surface area (Å²) >= 11 is 6.01. The first-order chi connectivity index (χ1) is 15.5. The maximum atomic E-state index is 13.5. The monoisotopic (exact) mass is 467 g/mol. The second-order valence-electron chi connectivity index (χ2n) is 9.65. The quantitative estimate of drug-likeness (QED) is 0.691. The summed E-state index contributed by atoms with van der Waals surface area (Å²) in [5.41, 5.74) is -0.239. The van der Waals surface area contributed by atoms with Crippen LogP contribution in [-0.4, -0.2) is 41.0 Å². The van der Waals surface area contributed by atoms with Crippen LogP contribution in [0.1, 0.15) is 55.6 Å². The number of nitriles is 1. The molecule has 0 aromatic heterocycles. The second kappa shape index (κ2) is 9.54. The van der Waals surface area contributed by atoms with Gasteiger partial charge < -0.3 is 15.3 Å². The van der Waals surface area contributed by atoms with Crippen molar-refractivity contribution in [1.82, 2.24) is 10.2 Å². The van der Waals surface area contributed by atoms with E-state index in [0.29, 0.717) is 35.7 Å². The lowest BCUT2D eigenvalue weighted by Gasteiger charge is -2.51. The molecule has 2 amide bonds. The molecule has 174 valence electrons. The molecule has 2 aromatic rings. The third-order valence-corrected chi connectivity index (χ3v) is 6.81. The van der Waals surface area contributed by atoms with Crippen molar-refractivity contribution >= 4 is 23.4 Å². The van der Waals surface area contributed by atoms with E-state index in [0.717, 1.165) is 5.56 Å². The van der Waals surface area contributed by atoms with Gasteiger partial charge in [0.05, 0.1) is 17.2 Å². The van der Waals surface area contributed by atoms with Gasteiger partial charge in [-0.25, -0.2) is 0 Å². The molecule has 1 saturated heterocycles. The summed E-state index contributed by atoms with van der Waals surface area (Å²) < 4.78 is 0. The molecule has 1 heterocycles. The van der Waals surface area contributed by atoms with E-state index in [1.807, 2.05) is 45.9 Å². The summed E-state index contributed by atoms with van der Waals surface area (Å²) in [6.07, 6.45) is 0.371. The Bertz CT molecular complexity index is 1070. The van der Waals surface area contributed by atoms with Gasteiger partial charge in [0, 0.05) is 29.1 Å². The van der Waals surface area contributed by atoms with Crippen molar-refractivity contribution < 1.29 is 14.7 Å². The highest BCUT2D eigenvalue weighted by molar-refractivity contribution is 6.30. The highest BCUT2D eigenvalue weighted by Crippen LogP contribution is 2.46. The van der Waals surface area contributed by atoms with E-state index in [-0.39, 0.29) is 11.8 Å². The maximum Gasteiger partial charge on any atom is 0.251 e. The molecular weight excluding hydrogens is 438 g/mol. The first-order valence-corrected chi connectivity index (χ1v) is 11.4. The van der Waals surface area contributed by atoms with Crippen LogP contribution < -0.4 is 5.32 Å². The Morgan fingerprint density at radius 2 is 1.85 bits per heavy atom. The minimum atomic E-state index is -1.11. The molecule has 1 aliphatic rings. The van der Waals surface area contributed by atoms with E-state index in [4.69, 9.17) is 16.9 Å². The molecule has 2 atom stereocenters. The van der Waals surface area contributed by atoms with Gasteiger partial charge in [-0.2, -0.15) is 5.26 Å². The van der Waals surface area contributed by atoms with Gasteiger partial charge in [0.1, 0.15) is 6.04 Å². The zero-order valence-corrected chi connectivity index (χ0v) is 20.2. The Morgan fingerprint density at radius 3 is 2.42 bits per heavy atom. The molecule has 1 aliphatic heterocycles. The van der Waals surface area contributed by atoms with E-state index < -0.39 is 23.0 Å². The van der Waals surface area contributed by atoms with E-state index >= 15 is 0 Å². The van der Waals surface area contributed by atoms with Gasteiger partial charge in [0.25, 0.3) is 5.91 Å². The molecular formula is C26H30ClN3O3. The van der Waals surface area contributed by atoms with Crippen LogP contribution in [0.3, 0.4) is 0 Å². The van der Waals surface area contributed by atoms with E-state index in [1.165, 1.54) is 6.07 Å². The Kier molecular flexibility index (Phi) is 7.16. The van der Waals surface area contributed by atoms with Crippen LogP contribution in [0.15, 0.2) is 48.5 Å². The number of nitrogens with zero attached hydrogens (tertiary/aromatic N) is 2. The Hall–Kier alpha value is -2.88. The smallest absolute Gasteiger partial charge is 0.251 e. The number of hydrogen-bond acceptors (Lipinski definition) is 4. The summed E-state index contributed by atoms with van der Waals surface area (Å²) in [6.45, 7) is 8.36. The SMILES string of the molecule is CC(C)[C@@H](NC(=O)c1cccc(C#N)c1)C(=O)N1CC[C@](O)(c2ccc(Cl)cc2)C(C)(C)C1. The molecule has 0 spiro atoms. The van der Waals surface area contributed by atoms with Crippen molar-refractivity contribution in [2.75, 3.05) is 13.1 Å². The van der Waals surface area contributed by atoms with Crippen molar-refractivity contribution in [3.63, 3.8) is 0 Å². The Labute approximate surface area is 200 Å². The van der Waals surface area contributed by atoms with Crippen LogP contribution in [0, 0.1) is 22.7 Å². The predicted molar refractivity (Wildman–Crippen MR) is 128 cm³/mol. The highest BCUT2D eigenvalue weighted by Gasteiger charge is 2.50. The maximum absolute atomic E-state index is 13.5. The minimum Gasteiger partial charge on any atom is -0.384 e. The molecule has 6 nitrogen and oxygen atoms in total. The minimum absolute atomic E-state index is 0.138. The van der Waals surface area contributed by atoms with Crippen molar-refractivity contribution in [3.05, 3.63) is 70.2 Å². The summed E-state index contributed by atoms with van der Waals surface area (Å²) in [6, 6.07) is 14.9. The zero-order valence-electron chi connectivity index (χ0n) is 19.4. The number of hydrogen-bond donors (Lipinski definition) is 2. The van der Waals surface area contributed by atoms with E-state index in [9.17, 15) is 14.7 Å². The molecule has 33 heavy (non-hydrogen) atoms. The second-order valence-corrected chi connectivity index (χ2v) is 10.1. The van der Waals surface area contributed by atoms with Gasteiger partial charge >= 0.3 is 0 Å². The molecule has 2 N–H and O–H groups in total. The number of amides is 2. The number of carbonyl (C=O) groups is 2. The van der Waals surface area contributed by atoms with Crippen molar-refractivity contribution in [2.24, 2.45) is 11.3 Å². The van der Waals surface area contributed by atoms with Gasteiger partial charge in [-0.3, -0.25) is 9.59 Å². The number of aliphatic hydroxyl groups is 1. The van der Waals surface area contributed by atoms with Crippen molar-refractivity contribution in [3.8, 4) is 6.07 Å². The average Bonchev–Trinajstić information content (AvgIpc) is 2.78. The normalized spacial score (nSPS) is 20.7. The number of rotatable bonds is 5. The summed E-state index contributed by atoms with van der Waals surface area (Å²) in [5.74, 6) is -0.713.